The molecule has 0 aliphatic heterocycles. The van der Waals surface area contributed by atoms with E-state index in [-0.39, 0.29) is 0 Å². The molecule has 0 aliphatic rings. The third-order valence-electron chi connectivity index (χ3n) is 2.13. The van der Waals surface area contributed by atoms with Crippen LogP contribution < -0.4 is 15.2 Å². The molecule has 5 heteroatoms. The van der Waals surface area contributed by atoms with Crippen LogP contribution in [0.3, 0.4) is 0 Å². The lowest BCUT2D eigenvalue weighted by molar-refractivity contribution is 0.370. The molecule has 2 rings (SSSR count). The summed E-state index contributed by atoms with van der Waals surface area (Å²) in [6.45, 7) is 0. The maximum atomic E-state index is 5.84. The number of halogens is 1. The van der Waals surface area contributed by atoms with Crippen LogP contribution in [0.2, 0.25) is 0 Å². The lowest BCUT2D eigenvalue weighted by atomic mass is 10.3. The van der Waals surface area contributed by atoms with Crippen molar-refractivity contribution in [2.24, 2.45) is 0 Å². The molecule has 1 heterocycles. The molecule has 0 spiro atoms. The van der Waals surface area contributed by atoms with Crippen molar-refractivity contribution in [3.63, 3.8) is 0 Å². The minimum absolute atomic E-state index is 0.393. The predicted octanol–water partition coefficient (Wildman–Crippen LogP) is 3.23. The SMILES string of the molecule is COc1cccnc1Oc1ccc(Br)cc1N. The molecule has 1 aromatic carbocycles. The number of hydrogen-bond acceptors (Lipinski definition) is 4. The van der Waals surface area contributed by atoms with Gasteiger partial charge < -0.3 is 15.2 Å². The van der Waals surface area contributed by atoms with Crippen LogP contribution in [0.5, 0.6) is 17.4 Å². The lowest BCUT2D eigenvalue weighted by Crippen LogP contribution is -1.95. The molecule has 2 N–H and O–H groups in total. The number of nitrogen functional groups attached to an aromatic ring is 1. The number of benzene rings is 1. The fourth-order valence-electron chi connectivity index (χ4n) is 1.32. The van der Waals surface area contributed by atoms with E-state index in [0.29, 0.717) is 23.1 Å². The van der Waals surface area contributed by atoms with E-state index >= 15 is 0 Å². The molecule has 0 fully saturated rings. The average molecular weight is 295 g/mol. The maximum absolute atomic E-state index is 5.84. The summed E-state index contributed by atoms with van der Waals surface area (Å²) in [6.07, 6.45) is 1.63. The van der Waals surface area contributed by atoms with Gasteiger partial charge in [0, 0.05) is 10.7 Å². The quantitative estimate of drug-likeness (QED) is 0.883. The van der Waals surface area contributed by atoms with Crippen LogP contribution in [0.4, 0.5) is 5.69 Å². The molecule has 1 aromatic heterocycles. The second-order valence-corrected chi connectivity index (χ2v) is 4.21. The number of nitrogens with two attached hydrogens (primary N) is 1. The van der Waals surface area contributed by atoms with Crippen molar-refractivity contribution in [2.45, 2.75) is 0 Å². The standard InChI is InChI=1S/C12H11BrN2O2/c1-16-11-3-2-6-15-12(11)17-10-5-4-8(13)7-9(10)14/h2-7H,14H2,1H3. The summed E-state index contributed by atoms with van der Waals surface area (Å²) in [5.41, 5.74) is 6.37. The van der Waals surface area contributed by atoms with Gasteiger partial charge in [-0.25, -0.2) is 4.98 Å². The number of methoxy groups -OCH3 is 1. The van der Waals surface area contributed by atoms with E-state index in [1.807, 2.05) is 6.07 Å². The van der Waals surface area contributed by atoms with Crippen LogP contribution in [-0.4, -0.2) is 12.1 Å². The maximum Gasteiger partial charge on any atom is 0.262 e. The first-order valence-corrected chi connectivity index (χ1v) is 5.72. The monoisotopic (exact) mass is 294 g/mol. The molecular formula is C12H11BrN2O2. The molecule has 0 amide bonds. The zero-order valence-corrected chi connectivity index (χ0v) is 10.8. The smallest absolute Gasteiger partial charge is 0.262 e. The topological polar surface area (TPSA) is 57.4 Å². The Labute approximate surface area is 108 Å². The lowest BCUT2D eigenvalue weighted by Gasteiger charge is -2.10. The van der Waals surface area contributed by atoms with Crippen molar-refractivity contribution in [3.05, 3.63) is 41.0 Å². The summed E-state index contributed by atoms with van der Waals surface area (Å²) in [6, 6.07) is 8.94. The normalized spacial score (nSPS) is 10.0. The molecule has 17 heavy (non-hydrogen) atoms. The Morgan fingerprint density at radius 3 is 2.76 bits per heavy atom. The van der Waals surface area contributed by atoms with E-state index in [2.05, 4.69) is 20.9 Å². The zero-order valence-electron chi connectivity index (χ0n) is 9.18. The van der Waals surface area contributed by atoms with Crippen molar-refractivity contribution in [1.29, 1.82) is 0 Å². The van der Waals surface area contributed by atoms with Crippen LogP contribution in [0, 0.1) is 0 Å². The summed E-state index contributed by atoms with van der Waals surface area (Å²) < 4.78 is 11.6. The summed E-state index contributed by atoms with van der Waals surface area (Å²) >= 11 is 3.33. The van der Waals surface area contributed by atoms with E-state index in [1.165, 1.54) is 0 Å². The molecule has 4 nitrogen and oxygen atoms in total. The van der Waals surface area contributed by atoms with Crippen molar-refractivity contribution in [2.75, 3.05) is 12.8 Å². The number of anilines is 1. The Morgan fingerprint density at radius 2 is 2.06 bits per heavy atom. The van der Waals surface area contributed by atoms with Gasteiger partial charge in [0.15, 0.2) is 11.5 Å². The van der Waals surface area contributed by atoms with E-state index in [9.17, 15) is 0 Å². The molecule has 0 radical (unpaired) electrons. The highest BCUT2D eigenvalue weighted by atomic mass is 79.9. The van der Waals surface area contributed by atoms with Crippen LogP contribution >= 0.6 is 15.9 Å². The Bertz CT molecular complexity index is 532. The van der Waals surface area contributed by atoms with Crippen molar-refractivity contribution in [1.82, 2.24) is 4.98 Å². The first kappa shape index (κ1) is 11.7. The van der Waals surface area contributed by atoms with Crippen molar-refractivity contribution < 1.29 is 9.47 Å². The molecule has 0 atom stereocenters. The van der Waals surface area contributed by atoms with Gasteiger partial charge in [-0.2, -0.15) is 0 Å². The van der Waals surface area contributed by atoms with Gasteiger partial charge in [-0.3, -0.25) is 0 Å². The van der Waals surface area contributed by atoms with Gasteiger partial charge in [0.1, 0.15) is 0 Å². The molecule has 0 unspecified atom stereocenters. The first-order chi connectivity index (χ1) is 8.20. The van der Waals surface area contributed by atoms with Gasteiger partial charge in [0.25, 0.3) is 5.88 Å². The second-order valence-electron chi connectivity index (χ2n) is 3.30. The average Bonchev–Trinajstić information content (AvgIpc) is 2.33. The Hall–Kier alpha value is -1.75. The van der Waals surface area contributed by atoms with Crippen LogP contribution in [0.25, 0.3) is 0 Å². The molecule has 0 bridgehead atoms. The Morgan fingerprint density at radius 1 is 1.24 bits per heavy atom. The number of hydrogen-bond donors (Lipinski definition) is 1. The number of rotatable bonds is 3. The second kappa shape index (κ2) is 5.05. The third kappa shape index (κ3) is 2.68. The van der Waals surface area contributed by atoms with E-state index in [0.717, 1.165) is 4.47 Å². The Balaban J connectivity index is 2.31. The van der Waals surface area contributed by atoms with Gasteiger partial charge in [-0.05, 0) is 30.3 Å². The van der Waals surface area contributed by atoms with Crippen molar-refractivity contribution in [3.8, 4) is 17.4 Å². The van der Waals surface area contributed by atoms with Gasteiger partial charge in [0.05, 0.1) is 12.8 Å². The molecule has 88 valence electrons. The van der Waals surface area contributed by atoms with E-state index < -0.39 is 0 Å². The van der Waals surface area contributed by atoms with Crippen LogP contribution in [-0.2, 0) is 0 Å². The Kier molecular flexibility index (Phi) is 3.49. The summed E-state index contributed by atoms with van der Waals surface area (Å²) in [7, 11) is 1.56. The van der Waals surface area contributed by atoms with Gasteiger partial charge in [-0.1, -0.05) is 15.9 Å². The van der Waals surface area contributed by atoms with E-state index in [1.54, 1.807) is 37.6 Å². The number of ether oxygens (including phenoxy) is 2. The predicted molar refractivity (Wildman–Crippen MR) is 69.4 cm³/mol. The first-order valence-electron chi connectivity index (χ1n) is 4.92. The largest absolute Gasteiger partial charge is 0.491 e. The van der Waals surface area contributed by atoms with Gasteiger partial charge in [0.2, 0.25) is 0 Å². The van der Waals surface area contributed by atoms with Crippen molar-refractivity contribution >= 4 is 21.6 Å². The number of pyridine rings is 1. The zero-order chi connectivity index (χ0) is 12.3. The highest BCUT2D eigenvalue weighted by Gasteiger charge is 2.08. The fraction of sp³-hybridized carbons (Fsp3) is 0.0833. The molecular weight excluding hydrogens is 284 g/mol. The summed E-state index contributed by atoms with van der Waals surface area (Å²) in [5.74, 6) is 1.50. The van der Waals surface area contributed by atoms with E-state index in [4.69, 9.17) is 15.2 Å². The highest BCUT2D eigenvalue weighted by molar-refractivity contribution is 9.10. The minimum Gasteiger partial charge on any atom is -0.491 e. The molecule has 0 saturated heterocycles. The highest BCUT2D eigenvalue weighted by Crippen LogP contribution is 2.33. The third-order valence-corrected chi connectivity index (χ3v) is 2.63. The summed E-state index contributed by atoms with van der Waals surface area (Å²) in [4.78, 5) is 4.09. The number of nitrogens with zero attached hydrogens (tertiary/aromatic N) is 1. The van der Waals surface area contributed by atoms with Gasteiger partial charge in [-0.15, -0.1) is 0 Å². The summed E-state index contributed by atoms with van der Waals surface area (Å²) in [5, 5.41) is 0. The number of aromatic nitrogens is 1. The fourth-order valence-corrected chi connectivity index (χ4v) is 1.70. The molecule has 0 saturated carbocycles. The molecule has 2 aromatic rings. The molecule has 0 aliphatic carbocycles. The van der Waals surface area contributed by atoms with Crippen LogP contribution in [0.1, 0.15) is 0 Å². The minimum atomic E-state index is 0.393. The van der Waals surface area contributed by atoms with Crippen LogP contribution in [0.15, 0.2) is 41.0 Å². The van der Waals surface area contributed by atoms with Gasteiger partial charge >= 0.3 is 0 Å².